The molecule has 2 amide bonds. The molecule has 0 unspecified atom stereocenters. The quantitative estimate of drug-likeness (QED) is 0.726. The van der Waals surface area contributed by atoms with Crippen LogP contribution in [-0.2, 0) is 22.6 Å². The highest BCUT2D eigenvalue weighted by atomic mass is 35.5. The van der Waals surface area contributed by atoms with Gasteiger partial charge < -0.3 is 15.0 Å². The van der Waals surface area contributed by atoms with Crippen LogP contribution in [0, 0.1) is 5.92 Å². The Kier molecular flexibility index (Phi) is 6.35. The van der Waals surface area contributed by atoms with Gasteiger partial charge in [0.25, 0.3) is 0 Å². The van der Waals surface area contributed by atoms with Crippen molar-refractivity contribution in [2.24, 2.45) is 5.92 Å². The summed E-state index contributed by atoms with van der Waals surface area (Å²) >= 11 is 7.35. The van der Waals surface area contributed by atoms with Gasteiger partial charge in [-0.15, -0.1) is 11.3 Å². The first-order valence-corrected chi connectivity index (χ1v) is 11.2. The molecule has 1 aliphatic heterocycles. The van der Waals surface area contributed by atoms with E-state index in [2.05, 4.69) is 10.3 Å². The predicted octanol–water partition coefficient (Wildman–Crippen LogP) is 3.44. The molecule has 1 N–H and O–H groups in total. The van der Waals surface area contributed by atoms with Gasteiger partial charge in [-0.3, -0.25) is 9.59 Å². The van der Waals surface area contributed by atoms with Crippen LogP contribution in [0.4, 0.5) is 0 Å². The zero-order chi connectivity index (χ0) is 20.2. The highest BCUT2D eigenvalue weighted by molar-refractivity contribution is 7.09. The Bertz CT molecular complexity index is 858. The molecule has 29 heavy (non-hydrogen) atoms. The van der Waals surface area contributed by atoms with Crippen molar-refractivity contribution in [2.45, 2.75) is 44.8 Å². The molecule has 1 aromatic heterocycles. The molecule has 0 atom stereocenters. The van der Waals surface area contributed by atoms with Gasteiger partial charge >= 0.3 is 0 Å². The average molecular weight is 434 g/mol. The van der Waals surface area contributed by atoms with E-state index in [0.717, 1.165) is 55.2 Å². The molecule has 2 aliphatic rings. The van der Waals surface area contributed by atoms with Crippen LogP contribution in [0.3, 0.4) is 0 Å². The molecule has 2 aromatic rings. The summed E-state index contributed by atoms with van der Waals surface area (Å²) < 4.78 is 5.69. The standard InChI is InChI=1S/C21H24ClN3O3S/c22-15-3-5-18(6-4-15)28-12-20-24-17(13-29-20)11-19(26)23-16-7-9-25(10-8-16)21(27)14-1-2-14/h3-6,13-14,16H,1-2,7-12H2,(H,23,26). The second-order valence-electron chi connectivity index (χ2n) is 7.59. The first kappa shape index (κ1) is 20.2. The van der Waals surface area contributed by atoms with Crippen LogP contribution in [0.15, 0.2) is 29.6 Å². The molecule has 0 bridgehead atoms. The lowest BCUT2D eigenvalue weighted by Crippen LogP contribution is -2.47. The Hall–Kier alpha value is -2.12. The van der Waals surface area contributed by atoms with E-state index in [1.807, 2.05) is 22.4 Å². The summed E-state index contributed by atoms with van der Waals surface area (Å²) in [5.74, 6) is 1.28. The van der Waals surface area contributed by atoms with Crippen molar-refractivity contribution < 1.29 is 14.3 Å². The van der Waals surface area contributed by atoms with E-state index in [1.165, 1.54) is 11.3 Å². The van der Waals surface area contributed by atoms with Crippen LogP contribution in [0.5, 0.6) is 5.75 Å². The number of hydrogen-bond donors (Lipinski definition) is 1. The minimum atomic E-state index is -0.0209. The number of nitrogens with one attached hydrogen (secondary N) is 1. The molecule has 2 heterocycles. The van der Waals surface area contributed by atoms with E-state index >= 15 is 0 Å². The summed E-state index contributed by atoms with van der Waals surface area (Å²) in [6.07, 6.45) is 3.98. The molecule has 1 aromatic carbocycles. The first-order valence-electron chi connectivity index (χ1n) is 9.96. The van der Waals surface area contributed by atoms with Crippen molar-refractivity contribution in [1.82, 2.24) is 15.2 Å². The second-order valence-corrected chi connectivity index (χ2v) is 8.97. The molecule has 154 valence electrons. The number of rotatable bonds is 7. The fourth-order valence-corrected chi connectivity index (χ4v) is 4.28. The normalized spacial score (nSPS) is 17.2. The van der Waals surface area contributed by atoms with Crippen molar-refractivity contribution in [3.05, 3.63) is 45.4 Å². The van der Waals surface area contributed by atoms with E-state index in [1.54, 1.807) is 12.1 Å². The Morgan fingerprint density at radius 3 is 2.59 bits per heavy atom. The predicted molar refractivity (Wildman–Crippen MR) is 112 cm³/mol. The number of carbonyl (C=O) groups excluding carboxylic acids is 2. The number of benzene rings is 1. The molecule has 2 fully saturated rings. The third-order valence-corrected chi connectivity index (χ3v) is 6.34. The minimum absolute atomic E-state index is 0.0209. The van der Waals surface area contributed by atoms with E-state index in [-0.39, 0.29) is 24.3 Å². The smallest absolute Gasteiger partial charge is 0.226 e. The van der Waals surface area contributed by atoms with Gasteiger partial charge in [-0.2, -0.15) is 0 Å². The topological polar surface area (TPSA) is 71.5 Å². The number of piperidine rings is 1. The average Bonchev–Trinajstić information content (AvgIpc) is 3.48. The number of hydrogen-bond acceptors (Lipinski definition) is 5. The van der Waals surface area contributed by atoms with Crippen LogP contribution in [0.2, 0.25) is 5.02 Å². The number of thiazole rings is 1. The molecule has 1 saturated heterocycles. The molecule has 8 heteroatoms. The van der Waals surface area contributed by atoms with Crippen molar-refractivity contribution in [3.63, 3.8) is 0 Å². The van der Waals surface area contributed by atoms with Crippen molar-refractivity contribution in [2.75, 3.05) is 13.1 Å². The maximum absolute atomic E-state index is 12.4. The van der Waals surface area contributed by atoms with Crippen LogP contribution in [0.25, 0.3) is 0 Å². The Morgan fingerprint density at radius 1 is 1.17 bits per heavy atom. The van der Waals surface area contributed by atoms with Gasteiger partial charge in [0.05, 0.1) is 12.1 Å². The molecular weight excluding hydrogens is 410 g/mol. The SMILES string of the molecule is O=C(Cc1csc(COc2ccc(Cl)cc2)n1)NC1CCN(C(=O)C2CC2)CC1. The summed E-state index contributed by atoms with van der Waals surface area (Å²) in [5, 5.41) is 6.48. The number of nitrogens with zero attached hydrogens (tertiary/aromatic N) is 2. The van der Waals surface area contributed by atoms with E-state index in [4.69, 9.17) is 16.3 Å². The lowest BCUT2D eigenvalue weighted by Gasteiger charge is -2.32. The highest BCUT2D eigenvalue weighted by Gasteiger charge is 2.35. The summed E-state index contributed by atoms with van der Waals surface area (Å²) in [6.45, 7) is 1.84. The van der Waals surface area contributed by atoms with Crippen LogP contribution in [0.1, 0.15) is 36.4 Å². The minimum Gasteiger partial charge on any atom is -0.486 e. The highest BCUT2D eigenvalue weighted by Crippen LogP contribution is 2.31. The monoisotopic (exact) mass is 433 g/mol. The summed E-state index contributed by atoms with van der Waals surface area (Å²) in [7, 11) is 0. The second kappa shape index (κ2) is 9.13. The van der Waals surface area contributed by atoms with Gasteiger partial charge in [-0.25, -0.2) is 4.98 Å². The molecule has 1 saturated carbocycles. The van der Waals surface area contributed by atoms with E-state index in [9.17, 15) is 9.59 Å². The lowest BCUT2D eigenvalue weighted by atomic mass is 10.0. The van der Waals surface area contributed by atoms with E-state index < -0.39 is 0 Å². The number of carbonyl (C=O) groups is 2. The number of halogens is 1. The summed E-state index contributed by atoms with van der Waals surface area (Å²) in [4.78, 5) is 30.9. The largest absolute Gasteiger partial charge is 0.486 e. The number of ether oxygens (including phenoxy) is 1. The van der Waals surface area contributed by atoms with Crippen LogP contribution >= 0.6 is 22.9 Å². The van der Waals surface area contributed by atoms with Gasteiger partial charge in [0.15, 0.2) is 0 Å². The first-order chi connectivity index (χ1) is 14.1. The summed E-state index contributed by atoms with van der Waals surface area (Å²) in [5.41, 5.74) is 0.753. The molecule has 1 aliphatic carbocycles. The molecule has 6 nitrogen and oxygen atoms in total. The third kappa shape index (κ3) is 5.70. The summed E-state index contributed by atoms with van der Waals surface area (Å²) in [6, 6.07) is 7.32. The van der Waals surface area contributed by atoms with Gasteiger partial charge in [-0.1, -0.05) is 11.6 Å². The Balaban J connectivity index is 1.19. The fraction of sp³-hybridized carbons (Fsp3) is 0.476. The fourth-order valence-electron chi connectivity index (χ4n) is 3.45. The number of amides is 2. The maximum atomic E-state index is 12.4. The van der Waals surface area contributed by atoms with Crippen molar-refractivity contribution >= 4 is 34.8 Å². The van der Waals surface area contributed by atoms with Crippen molar-refractivity contribution in [3.8, 4) is 5.75 Å². The zero-order valence-corrected chi connectivity index (χ0v) is 17.7. The maximum Gasteiger partial charge on any atom is 0.226 e. The van der Waals surface area contributed by atoms with Crippen molar-refractivity contribution in [1.29, 1.82) is 0 Å². The van der Waals surface area contributed by atoms with Gasteiger partial charge in [0.2, 0.25) is 11.8 Å². The Morgan fingerprint density at radius 2 is 1.90 bits per heavy atom. The molecule has 0 spiro atoms. The molecule has 0 radical (unpaired) electrons. The zero-order valence-electron chi connectivity index (χ0n) is 16.1. The lowest BCUT2D eigenvalue weighted by molar-refractivity contribution is -0.133. The van der Waals surface area contributed by atoms with E-state index in [0.29, 0.717) is 17.5 Å². The molecule has 4 rings (SSSR count). The van der Waals surface area contributed by atoms with Gasteiger partial charge in [0.1, 0.15) is 17.4 Å². The van der Waals surface area contributed by atoms with Gasteiger partial charge in [-0.05, 0) is 49.9 Å². The third-order valence-electron chi connectivity index (χ3n) is 5.22. The van der Waals surface area contributed by atoms with Gasteiger partial charge in [0, 0.05) is 35.5 Å². The van der Waals surface area contributed by atoms with Crippen LogP contribution in [-0.4, -0.2) is 40.8 Å². The number of likely N-dealkylation sites (tertiary alicyclic amines) is 1. The number of aromatic nitrogens is 1. The molecular formula is C21H24ClN3O3S. The van der Waals surface area contributed by atoms with Crippen LogP contribution < -0.4 is 10.1 Å². The Labute approximate surface area is 179 Å².